The van der Waals surface area contributed by atoms with E-state index >= 15 is 0 Å². The summed E-state index contributed by atoms with van der Waals surface area (Å²) in [4.78, 5) is 33.1. The molecule has 27 heavy (non-hydrogen) atoms. The molecule has 6 heteroatoms. The van der Waals surface area contributed by atoms with Gasteiger partial charge >= 0.3 is 0 Å². The van der Waals surface area contributed by atoms with Crippen LogP contribution in [0.25, 0.3) is 21.3 Å². The van der Waals surface area contributed by atoms with Crippen molar-refractivity contribution in [1.82, 2.24) is 14.5 Å². The highest BCUT2D eigenvalue weighted by molar-refractivity contribution is 7.17. The summed E-state index contributed by atoms with van der Waals surface area (Å²) in [5.74, 6) is -0.00515. The Morgan fingerprint density at radius 3 is 2.59 bits per heavy atom. The number of fused-ring (bicyclic) bond motifs is 1. The molecule has 140 valence electrons. The van der Waals surface area contributed by atoms with Crippen LogP contribution in [0.15, 0.2) is 46.8 Å². The van der Waals surface area contributed by atoms with Gasteiger partial charge in [0.2, 0.25) is 5.91 Å². The fourth-order valence-corrected chi connectivity index (χ4v) is 4.96. The average Bonchev–Trinajstić information content (AvgIpc) is 3.09. The summed E-state index contributed by atoms with van der Waals surface area (Å²) in [6, 6.07) is 10.3. The third kappa shape index (κ3) is 3.30. The van der Waals surface area contributed by atoms with E-state index in [0.29, 0.717) is 10.2 Å². The predicted molar refractivity (Wildman–Crippen MR) is 109 cm³/mol. The lowest BCUT2D eigenvalue weighted by Crippen LogP contribution is -2.49. The van der Waals surface area contributed by atoms with E-state index in [1.165, 1.54) is 22.2 Å². The quantitative estimate of drug-likeness (QED) is 0.691. The number of amides is 1. The van der Waals surface area contributed by atoms with Gasteiger partial charge in [-0.1, -0.05) is 30.3 Å². The Bertz CT molecular complexity index is 1010. The van der Waals surface area contributed by atoms with Crippen LogP contribution in [0.2, 0.25) is 0 Å². The first-order valence-electron chi connectivity index (χ1n) is 9.39. The third-order valence-corrected chi connectivity index (χ3v) is 6.32. The lowest BCUT2D eigenvalue weighted by atomic mass is 9.97. The summed E-state index contributed by atoms with van der Waals surface area (Å²) in [6.07, 6.45) is 4.69. The molecule has 1 saturated heterocycles. The second-order valence-electron chi connectivity index (χ2n) is 7.30. The molecular formula is C21H23N3O2S. The molecule has 3 heterocycles. The second-order valence-corrected chi connectivity index (χ2v) is 8.16. The van der Waals surface area contributed by atoms with Crippen molar-refractivity contribution in [3.8, 4) is 11.1 Å². The number of carbonyl (C=O) groups excluding carboxylic acids is 1. The topological polar surface area (TPSA) is 55.2 Å². The minimum absolute atomic E-state index is 0.00515. The fourth-order valence-electron chi connectivity index (χ4n) is 4.05. The summed E-state index contributed by atoms with van der Waals surface area (Å²) >= 11 is 1.46. The van der Waals surface area contributed by atoms with Crippen LogP contribution < -0.4 is 5.56 Å². The van der Waals surface area contributed by atoms with E-state index in [1.807, 2.05) is 40.6 Å². The zero-order valence-electron chi connectivity index (χ0n) is 15.6. The molecule has 2 atom stereocenters. The number of benzene rings is 1. The van der Waals surface area contributed by atoms with Crippen LogP contribution in [0.1, 0.15) is 33.1 Å². The van der Waals surface area contributed by atoms with E-state index in [4.69, 9.17) is 0 Å². The van der Waals surface area contributed by atoms with Gasteiger partial charge in [-0.05, 0) is 38.7 Å². The van der Waals surface area contributed by atoms with Gasteiger partial charge in [0.05, 0.1) is 11.7 Å². The highest BCUT2D eigenvalue weighted by Crippen LogP contribution is 2.30. The van der Waals surface area contributed by atoms with Gasteiger partial charge in [0.1, 0.15) is 11.4 Å². The van der Waals surface area contributed by atoms with Crippen LogP contribution in [-0.2, 0) is 11.3 Å². The van der Waals surface area contributed by atoms with Crippen molar-refractivity contribution >= 4 is 27.5 Å². The van der Waals surface area contributed by atoms with E-state index in [1.54, 1.807) is 0 Å². The van der Waals surface area contributed by atoms with Crippen molar-refractivity contribution in [1.29, 1.82) is 0 Å². The zero-order valence-corrected chi connectivity index (χ0v) is 16.4. The van der Waals surface area contributed by atoms with Gasteiger partial charge in [-0.25, -0.2) is 4.98 Å². The van der Waals surface area contributed by atoms with Crippen LogP contribution in [-0.4, -0.2) is 32.4 Å². The zero-order chi connectivity index (χ0) is 19.0. The minimum atomic E-state index is -0.147. The van der Waals surface area contributed by atoms with E-state index in [-0.39, 0.29) is 30.1 Å². The molecule has 0 bridgehead atoms. The molecule has 1 aliphatic heterocycles. The Morgan fingerprint density at radius 1 is 1.19 bits per heavy atom. The van der Waals surface area contributed by atoms with Gasteiger partial charge in [0, 0.05) is 23.0 Å². The summed E-state index contributed by atoms with van der Waals surface area (Å²) < 4.78 is 1.46. The Hall–Kier alpha value is -2.47. The first-order chi connectivity index (χ1) is 13.1. The first-order valence-corrected chi connectivity index (χ1v) is 10.3. The number of rotatable bonds is 3. The normalized spacial score (nSPS) is 20.1. The van der Waals surface area contributed by atoms with Crippen LogP contribution in [0.5, 0.6) is 0 Å². The van der Waals surface area contributed by atoms with Gasteiger partial charge in [-0.2, -0.15) is 0 Å². The molecule has 4 rings (SSSR count). The number of thiophene rings is 1. The summed E-state index contributed by atoms with van der Waals surface area (Å²) in [7, 11) is 0. The lowest BCUT2D eigenvalue weighted by Gasteiger charge is -2.39. The van der Waals surface area contributed by atoms with Crippen molar-refractivity contribution in [3.63, 3.8) is 0 Å². The summed E-state index contributed by atoms with van der Waals surface area (Å²) in [5.41, 5.74) is 1.73. The third-order valence-electron chi connectivity index (χ3n) is 5.43. The smallest absolute Gasteiger partial charge is 0.263 e. The van der Waals surface area contributed by atoms with E-state index in [0.717, 1.165) is 30.4 Å². The lowest BCUT2D eigenvalue weighted by molar-refractivity contribution is -0.138. The number of piperidine rings is 1. The molecule has 1 fully saturated rings. The number of likely N-dealkylation sites (tertiary alicyclic amines) is 1. The SMILES string of the molecule is C[C@@H]1CCC[C@H](C)N1C(=O)Cn1cnc2scc(-c3ccccc3)c2c1=O. The Labute approximate surface area is 162 Å². The Balaban J connectivity index is 1.70. The van der Waals surface area contributed by atoms with Crippen molar-refractivity contribution < 1.29 is 4.79 Å². The largest absolute Gasteiger partial charge is 0.336 e. The highest BCUT2D eigenvalue weighted by Gasteiger charge is 2.29. The van der Waals surface area contributed by atoms with Crippen LogP contribution in [0.4, 0.5) is 0 Å². The first kappa shape index (κ1) is 17.9. The minimum Gasteiger partial charge on any atom is -0.336 e. The Morgan fingerprint density at radius 2 is 1.89 bits per heavy atom. The fraction of sp³-hybridized carbons (Fsp3) is 0.381. The van der Waals surface area contributed by atoms with Crippen molar-refractivity contribution in [2.24, 2.45) is 0 Å². The van der Waals surface area contributed by atoms with Crippen LogP contribution >= 0.6 is 11.3 Å². The molecule has 2 aromatic heterocycles. The van der Waals surface area contributed by atoms with Gasteiger partial charge in [-0.3, -0.25) is 14.2 Å². The van der Waals surface area contributed by atoms with Crippen molar-refractivity contribution in [2.45, 2.75) is 51.7 Å². The summed E-state index contributed by atoms with van der Waals surface area (Å²) in [6.45, 7) is 4.22. The molecule has 1 aliphatic rings. The van der Waals surface area contributed by atoms with Crippen molar-refractivity contribution in [3.05, 3.63) is 52.4 Å². The molecule has 0 spiro atoms. The maximum Gasteiger partial charge on any atom is 0.263 e. The van der Waals surface area contributed by atoms with Crippen LogP contribution in [0.3, 0.4) is 0 Å². The highest BCUT2D eigenvalue weighted by atomic mass is 32.1. The molecule has 0 aliphatic carbocycles. The van der Waals surface area contributed by atoms with Gasteiger partial charge in [-0.15, -0.1) is 11.3 Å². The van der Waals surface area contributed by atoms with Crippen LogP contribution in [0, 0.1) is 0 Å². The molecule has 5 nitrogen and oxygen atoms in total. The number of hydrogen-bond acceptors (Lipinski definition) is 4. The number of hydrogen-bond donors (Lipinski definition) is 0. The molecular weight excluding hydrogens is 358 g/mol. The number of nitrogens with zero attached hydrogens (tertiary/aromatic N) is 3. The average molecular weight is 382 g/mol. The monoisotopic (exact) mass is 381 g/mol. The number of carbonyl (C=O) groups is 1. The summed E-state index contributed by atoms with van der Waals surface area (Å²) in [5, 5.41) is 2.57. The molecule has 1 amide bonds. The van der Waals surface area contributed by atoms with Crippen molar-refractivity contribution in [2.75, 3.05) is 0 Å². The van der Waals surface area contributed by atoms with Gasteiger partial charge < -0.3 is 4.90 Å². The molecule has 0 N–H and O–H groups in total. The molecule has 0 unspecified atom stereocenters. The molecule has 0 radical (unpaired) electrons. The van der Waals surface area contributed by atoms with Gasteiger partial charge in [0.25, 0.3) is 5.56 Å². The van der Waals surface area contributed by atoms with Gasteiger partial charge in [0.15, 0.2) is 0 Å². The Kier molecular flexibility index (Phi) is 4.83. The maximum absolute atomic E-state index is 13.1. The maximum atomic E-state index is 13.1. The molecule has 3 aromatic rings. The second kappa shape index (κ2) is 7.27. The standard InChI is InChI=1S/C21H23N3O2S/c1-14-7-6-8-15(2)24(14)18(25)11-23-13-22-20-19(21(23)26)17(12-27-20)16-9-4-3-5-10-16/h3-5,9-10,12-15H,6-8,11H2,1-2H3/t14-,15+. The van der Waals surface area contributed by atoms with E-state index in [2.05, 4.69) is 18.8 Å². The predicted octanol–water partition coefficient (Wildman–Crippen LogP) is 3.91. The molecule has 0 saturated carbocycles. The number of aromatic nitrogens is 2. The molecule has 1 aromatic carbocycles. The van der Waals surface area contributed by atoms with E-state index < -0.39 is 0 Å². The van der Waals surface area contributed by atoms with E-state index in [9.17, 15) is 9.59 Å².